The third-order valence-electron chi connectivity index (χ3n) is 9.08. The SMILES string of the molecule is COC(O)C1=C(CN2CCN3C(=O)N(c4ccc(-c5ccc(C(=O)O)cc5F)cc4)C[C@@H]3C2)NC(c2nccs2)=N[C@H]1c1ccc(F)cc1Cl. The van der Waals surface area contributed by atoms with Gasteiger partial charge in [-0.1, -0.05) is 35.9 Å². The van der Waals surface area contributed by atoms with Gasteiger partial charge in [0, 0.05) is 79.0 Å². The number of benzene rings is 3. The van der Waals surface area contributed by atoms with E-state index < -0.39 is 29.9 Å². The number of aromatic carboxylic acids is 1. The van der Waals surface area contributed by atoms with E-state index >= 15 is 0 Å². The maximum absolute atomic E-state index is 14.7. The van der Waals surface area contributed by atoms with E-state index in [4.69, 9.17) is 26.4 Å². The number of anilines is 1. The number of aliphatic imine (C=N–C) groups is 1. The summed E-state index contributed by atoms with van der Waals surface area (Å²) in [5, 5.41) is 26.3. The molecule has 15 heteroatoms. The van der Waals surface area contributed by atoms with Crippen molar-refractivity contribution in [1.29, 1.82) is 0 Å². The number of ether oxygens (including phenoxy) is 1. The number of hydrogen-bond acceptors (Lipinski definition) is 9. The minimum absolute atomic E-state index is 0.130. The highest BCUT2D eigenvalue weighted by Crippen LogP contribution is 2.38. The molecule has 3 N–H and O–H groups in total. The lowest BCUT2D eigenvalue weighted by Gasteiger charge is -2.38. The van der Waals surface area contributed by atoms with Gasteiger partial charge in [0.2, 0.25) is 0 Å². The molecular formula is C35H31ClF2N6O5S. The standard InChI is InChI=1S/C35H31ClF2N6O5S/c1-49-34(47)29-28(40-31(32-39-10-13-50-32)41-30(29)25-9-5-21(37)15-26(25)36)18-42-11-12-43-23(16-42)17-44(35(43)48)22-6-2-19(3-7-22)24-8-4-20(33(45)46)14-27(24)38/h2-10,13-15,23,30,34,47H,11-12,16-18H2,1H3,(H,40,41)(H,45,46)/t23-,30-,34?/m0/s1. The zero-order chi connectivity index (χ0) is 35.1. The number of aliphatic hydroxyl groups is 1. The van der Waals surface area contributed by atoms with Crippen LogP contribution in [0.25, 0.3) is 11.1 Å². The number of nitrogens with one attached hydrogen (secondary N) is 1. The predicted octanol–water partition coefficient (Wildman–Crippen LogP) is 5.38. The van der Waals surface area contributed by atoms with Crippen LogP contribution in [0.3, 0.4) is 0 Å². The molecule has 7 rings (SSSR count). The molecule has 2 saturated heterocycles. The number of carbonyl (C=O) groups excluding carboxylic acids is 1. The Bertz CT molecular complexity index is 2010. The lowest BCUT2D eigenvalue weighted by molar-refractivity contribution is -0.0496. The van der Waals surface area contributed by atoms with E-state index in [1.165, 1.54) is 42.7 Å². The van der Waals surface area contributed by atoms with Crippen molar-refractivity contribution in [3.8, 4) is 11.1 Å². The van der Waals surface area contributed by atoms with Gasteiger partial charge in [-0.25, -0.2) is 23.4 Å². The highest BCUT2D eigenvalue weighted by Gasteiger charge is 2.42. The van der Waals surface area contributed by atoms with Crippen LogP contribution in [-0.4, -0.2) is 95.0 Å². The molecule has 1 aromatic heterocycles. The van der Waals surface area contributed by atoms with E-state index in [1.807, 2.05) is 10.3 Å². The summed E-state index contributed by atoms with van der Waals surface area (Å²) in [5.74, 6) is -1.87. The van der Waals surface area contributed by atoms with Crippen LogP contribution in [0.2, 0.25) is 5.02 Å². The van der Waals surface area contributed by atoms with Crippen molar-refractivity contribution in [3.05, 3.63) is 116 Å². The van der Waals surface area contributed by atoms with Gasteiger partial charge < -0.3 is 25.2 Å². The van der Waals surface area contributed by atoms with Gasteiger partial charge in [0.25, 0.3) is 0 Å². The summed E-state index contributed by atoms with van der Waals surface area (Å²) in [6, 6.07) is 13.7. The molecule has 0 spiro atoms. The number of hydrogen-bond donors (Lipinski definition) is 3. The van der Waals surface area contributed by atoms with Crippen molar-refractivity contribution < 1.29 is 33.3 Å². The zero-order valence-corrected chi connectivity index (χ0v) is 28.2. The van der Waals surface area contributed by atoms with Gasteiger partial charge in [-0.2, -0.15) is 0 Å². The molecule has 4 aromatic rings. The van der Waals surface area contributed by atoms with Crippen LogP contribution < -0.4 is 10.2 Å². The summed E-state index contributed by atoms with van der Waals surface area (Å²) < 4.78 is 34.1. The van der Waals surface area contributed by atoms with Crippen LogP contribution in [0, 0.1) is 11.6 Å². The first-order valence-electron chi connectivity index (χ1n) is 15.7. The van der Waals surface area contributed by atoms with Gasteiger partial charge in [0.1, 0.15) is 17.7 Å². The minimum Gasteiger partial charge on any atom is -0.478 e. The molecule has 0 aliphatic carbocycles. The van der Waals surface area contributed by atoms with Crippen molar-refractivity contribution in [2.24, 2.45) is 4.99 Å². The second-order valence-corrected chi connectivity index (χ2v) is 13.4. The van der Waals surface area contributed by atoms with Gasteiger partial charge in [-0.15, -0.1) is 11.3 Å². The zero-order valence-electron chi connectivity index (χ0n) is 26.6. The molecule has 3 aliphatic rings. The number of aliphatic hydroxyl groups excluding tert-OH is 1. The molecule has 3 aromatic carbocycles. The van der Waals surface area contributed by atoms with Crippen LogP contribution in [0.5, 0.6) is 0 Å². The molecule has 50 heavy (non-hydrogen) atoms. The van der Waals surface area contributed by atoms with Gasteiger partial charge in [-0.3, -0.25) is 14.8 Å². The molecule has 0 saturated carbocycles. The van der Waals surface area contributed by atoms with E-state index in [2.05, 4.69) is 15.2 Å². The van der Waals surface area contributed by atoms with Gasteiger partial charge >= 0.3 is 12.0 Å². The Balaban J connectivity index is 1.12. The summed E-state index contributed by atoms with van der Waals surface area (Å²) >= 11 is 7.91. The van der Waals surface area contributed by atoms with E-state index in [9.17, 15) is 23.5 Å². The third-order valence-corrected chi connectivity index (χ3v) is 10.2. The molecule has 3 aliphatic heterocycles. The van der Waals surface area contributed by atoms with Crippen molar-refractivity contribution in [2.75, 3.05) is 44.7 Å². The average molecular weight is 721 g/mol. The predicted molar refractivity (Wildman–Crippen MR) is 184 cm³/mol. The number of urea groups is 1. The molecule has 11 nitrogen and oxygen atoms in total. The van der Waals surface area contributed by atoms with Crippen LogP contribution in [-0.2, 0) is 4.74 Å². The van der Waals surface area contributed by atoms with Crippen LogP contribution in [0.1, 0.15) is 27.0 Å². The molecule has 2 amide bonds. The fourth-order valence-corrected chi connectivity index (χ4v) is 7.48. The quantitative estimate of drug-likeness (QED) is 0.197. The molecular weight excluding hydrogens is 690 g/mol. The van der Waals surface area contributed by atoms with Gasteiger partial charge in [0.05, 0.1) is 11.6 Å². The number of methoxy groups -OCH3 is 1. The highest BCUT2D eigenvalue weighted by molar-refractivity contribution is 7.11. The number of halogens is 3. The maximum atomic E-state index is 14.7. The number of nitrogens with zero attached hydrogens (tertiary/aromatic N) is 5. The Kier molecular flexibility index (Phi) is 9.37. The number of fused-ring (bicyclic) bond motifs is 1. The van der Waals surface area contributed by atoms with E-state index in [-0.39, 0.29) is 28.2 Å². The number of piperazine rings is 1. The lowest BCUT2D eigenvalue weighted by Crippen LogP contribution is -2.53. The Labute approximate surface area is 294 Å². The minimum atomic E-state index is -1.35. The van der Waals surface area contributed by atoms with Crippen molar-refractivity contribution >= 4 is 46.5 Å². The molecule has 3 atom stereocenters. The number of carbonyl (C=O) groups is 2. The monoisotopic (exact) mass is 720 g/mol. The van der Waals surface area contributed by atoms with Crippen molar-refractivity contribution in [3.63, 3.8) is 0 Å². The first kappa shape index (κ1) is 33.8. The topological polar surface area (TPSA) is 131 Å². The molecule has 1 unspecified atom stereocenters. The Hall–Kier alpha value is -4.73. The largest absolute Gasteiger partial charge is 0.478 e. The average Bonchev–Trinajstić information content (AvgIpc) is 3.76. The molecule has 0 radical (unpaired) electrons. The fourth-order valence-electron chi connectivity index (χ4n) is 6.62. The number of amidine groups is 1. The van der Waals surface area contributed by atoms with Gasteiger partial charge in [0.15, 0.2) is 17.1 Å². The summed E-state index contributed by atoms with van der Waals surface area (Å²) in [4.78, 5) is 39.7. The summed E-state index contributed by atoms with van der Waals surface area (Å²) in [7, 11) is 1.38. The summed E-state index contributed by atoms with van der Waals surface area (Å²) in [6.45, 7) is 2.34. The van der Waals surface area contributed by atoms with Crippen LogP contribution >= 0.6 is 22.9 Å². The van der Waals surface area contributed by atoms with Crippen LogP contribution in [0.4, 0.5) is 19.3 Å². The normalized spacial score (nSPS) is 20.1. The van der Waals surface area contributed by atoms with Gasteiger partial charge in [-0.05, 0) is 47.5 Å². The number of carboxylic acids is 1. The summed E-state index contributed by atoms with van der Waals surface area (Å²) in [5.41, 5.74) is 2.91. The molecule has 4 heterocycles. The smallest absolute Gasteiger partial charge is 0.335 e. The second-order valence-electron chi connectivity index (χ2n) is 12.1. The number of rotatable bonds is 9. The third kappa shape index (κ3) is 6.48. The maximum Gasteiger partial charge on any atom is 0.335 e. The first-order chi connectivity index (χ1) is 24.1. The Morgan fingerprint density at radius 2 is 1.92 bits per heavy atom. The first-order valence-corrected chi connectivity index (χ1v) is 16.9. The number of thiazole rings is 1. The number of carboxylic acid groups (broad SMARTS) is 1. The second kappa shape index (κ2) is 13.9. The fraction of sp³-hybridized carbons (Fsp3) is 0.257. The Morgan fingerprint density at radius 1 is 1.12 bits per heavy atom. The lowest BCUT2D eigenvalue weighted by atomic mass is 9.94. The van der Waals surface area contributed by atoms with E-state index in [0.29, 0.717) is 71.7 Å². The highest BCUT2D eigenvalue weighted by atomic mass is 35.5. The van der Waals surface area contributed by atoms with Crippen molar-refractivity contribution in [2.45, 2.75) is 18.4 Å². The van der Waals surface area contributed by atoms with E-state index in [1.54, 1.807) is 41.4 Å². The number of aromatic nitrogens is 1. The molecule has 258 valence electrons. The van der Waals surface area contributed by atoms with E-state index in [0.717, 1.165) is 6.07 Å². The Morgan fingerprint density at radius 3 is 2.60 bits per heavy atom. The summed E-state index contributed by atoms with van der Waals surface area (Å²) in [6.07, 6.45) is 0.320. The molecule has 0 bridgehead atoms. The van der Waals surface area contributed by atoms with Crippen molar-refractivity contribution in [1.82, 2.24) is 20.1 Å². The molecule has 2 fully saturated rings. The van der Waals surface area contributed by atoms with Crippen LogP contribution in [0.15, 0.2) is 88.5 Å². The number of amides is 2.